The molecule has 0 bridgehead atoms. The lowest BCUT2D eigenvalue weighted by molar-refractivity contribution is 0.0667. The van der Waals surface area contributed by atoms with Crippen molar-refractivity contribution in [1.29, 1.82) is 0 Å². The van der Waals surface area contributed by atoms with Gasteiger partial charge in [-0.1, -0.05) is 19.3 Å². The van der Waals surface area contributed by atoms with Crippen molar-refractivity contribution in [2.24, 2.45) is 5.41 Å². The van der Waals surface area contributed by atoms with Crippen molar-refractivity contribution in [2.75, 3.05) is 20.3 Å². The highest BCUT2D eigenvalue weighted by atomic mass is 16.5. The van der Waals surface area contributed by atoms with Gasteiger partial charge in [0.15, 0.2) is 0 Å². The summed E-state index contributed by atoms with van der Waals surface area (Å²) < 4.78 is 11.3. The number of likely N-dealkylation sites (tertiary alicyclic amines) is 1. The van der Waals surface area contributed by atoms with E-state index in [-0.39, 0.29) is 17.4 Å². The molecular formula is C22H27N3O3. The summed E-state index contributed by atoms with van der Waals surface area (Å²) in [6.45, 7) is 1.28. The van der Waals surface area contributed by atoms with Gasteiger partial charge in [-0.15, -0.1) is 0 Å². The maximum atomic E-state index is 13.1. The number of hydrogen-bond donors (Lipinski definition) is 0. The van der Waals surface area contributed by atoms with Gasteiger partial charge in [0, 0.05) is 18.9 Å². The molecule has 1 spiro atoms. The van der Waals surface area contributed by atoms with Gasteiger partial charge >= 0.3 is 0 Å². The zero-order chi connectivity index (χ0) is 19.4. The van der Waals surface area contributed by atoms with E-state index in [0.717, 1.165) is 24.5 Å². The van der Waals surface area contributed by atoms with Crippen molar-refractivity contribution in [1.82, 2.24) is 14.9 Å². The highest BCUT2D eigenvalue weighted by Crippen LogP contribution is 2.46. The molecule has 1 unspecified atom stereocenters. The van der Waals surface area contributed by atoms with Gasteiger partial charge < -0.3 is 14.4 Å². The van der Waals surface area contributed by atoms with Crippen molar-refractivity contribution in [3.8, 4) is 11.5 Å². The van der Waals surface area contributed by atoms with E-state index in [1.54, 1.807) is 25.7 Å². The van der Waals surface area contributed by atoms with Crippen molar-refractivity contribution >= 4 is 5.91 Å². The van der Waals surface area contributed by atoms with Crippen molar-refractivity contribution in [2.45, 2.75) is 44.6 Å². The number of rotatable bonds is 5. The average molecular weight is 381 g/mol. The second kappa shape index (κ2) is 8.17. The van der Waals surface area contributed by atoms with Crippen LogP contribution in [-0.4, -0.2) is 47.1 Å². The van der Waals surface area contributed by atoms with E-state index in [9.17, 15) is 4.79 Å². The standard InChI is InChI=1S/C22H27N3O3/c1-27-18-5-7-19(8-6-18)28-15-17-13-22(9-3-2-4-10-22)16-25(17)21(26)20-14-23-11-12-24-20/h5-8,11-12,14,17H,2-4,9-10,13,15-16H2,1H3. The first-order chi connectivity index (χ1) is 13.7. The number of carbonyl (C=O) groups excluding carboxylic acids is 1. The Morgan fingerprint density at radius 3 is 2.57 bits per heavy atom. The van der Waals surface area contributed by atoms with E-state index in [4.69, 9.17) is 9.47 Å². The van der Waals surface area contributed by atoms with Gasteiger partial charge in [0.05, 0.1) is 19.3 Å². The molecule has 1 saturated carbocycles. The highest BCUT2D eigenvalue weighted by Gasteiger charge is 2.46. The fraction of sp³-hybridized carbons (Fsp3) is 0.500. The van der Waals surface area contributed by atoms with Crippen LogP contribution in [0.25, 0.3) is 0 Å². The smallest absolute Gasteiger partial charge is 0.274 e. The molecule has 1 aliphatic carbocycles. The van der Waals surface area contributed by atoms with E-state index >= 15 is 0 Å². The summed E-state index contributed by atoms with van der Waals surface area (Å²) in [6.07, 6.45) is 11.9. The number of carbonyl (C=O) groups is 1. The summed E-state index contributed by atoms with van der Waals surface area (Å²) in [6, 6.07) is 7.62. The minimum absolute atomic E-state index is 0.0427. The van der Waals surface area contributed by atoms with Crippen molar-refractivity contribution in [3.63, 3.8) is 0 Å². The Balaban J connectivity index is 1.50. The monoisotopic (exact) mass is 381 g/mol. The molecular weight excluding hydrogens is 354 g/mol. The third kappa shape index (κ3) is 3.96. The molecule has 2 fully saturated rings. The first kappa shape index (κ1) is 18.7. The molecule has 1 aromatic carbocycles. The molecule has 1 atom stereocenters. The molecule has 28 heavy (non-hydrogen) atoms. The molecule has 2 aliphatic rings. The number of nitrogens with zero attached hydrogens (tertiary/aromatic N) is 3. The van der Waals surface area contributed by atoms with Crippen LogP contribution < -0.4 is 9.47 Å². The van der Waals surface area contributed by atoms with E-state index < -0.39 is 0 Å². The zero-order valence-corrected chi connectivity index (χ0v) is 16.3. The van der Waals surface area contributed by atoms with Gasteiger partial charge in [-0.05, 0) is 48.9 Å². The van der Waals surface area contributed by atoms with Crippen LogP contribution in [-0.2, 0) is 0 Å². The van der Waals surface area contributed by atoms with Gasteiger partial charge in [-0.2, -0.15) is 0 Å². The molecule has 0 radical (unpaired) electrons. The predicted octanol–water partition coefficient (Wildman–Crippen LogP) is 3.73. The minimum Gasteiger partial charge on any atom is -0.497 e. The normalized spacial score (nSPS) is 20.9. The molecule has 148 valence electrons. The van der Waals surface area contributed by atoms with E-state index in [0.29, 0.717) is 12.3 Å². The quantitative estimate of drug-likeness (QED) is 0.790. The molecule has 2 heterocycles. The summed E-state index contributed by atoms with van der Waals surface area (Å²) in [5.41, 5.74) is 0.633. The van der Waals surface area contributed by atoms with Gasteiger partial charge in [0.1, 0.15) is 23.8 Å². The molecule has 2 aromatic rings. The maximum Gasteiger partial charge on any atom is 0.274 e. The Bertz CT molecular complexity index is 788. The van der Waals surface area contributed by atoms with Gasteiger partial charge in [0.2, 0.25) is 0 Å². The number of ether oxygens (including phenoxy) is 2. The van der Waals surface area contributed by atoms with E-state index in [1.807, 2.05) is 29.2 Å². The first-order valence-electron chi connectivity index (χ1n) is 10.0. The SMILES string of the molecule is COc1ccc(OCC2CC3(CCCCC3)CN2C(=O)c2cnccn2)cc1. The van der Waals surface area contributed by atoms with E-state index in [2.05, 4.69) is 9.97 Å². The highest BCUT2D eigenvalue weighted by molar-refractivity contribution is 5.92. The van der Waals surface area contributed by atoms with Crippen LogP contribution in [0.2, 0.25) is 0 Å². The Morgan fingerprint density at radius 1 is 1.14 bits per heavy atom. The first-order valence-corrected chi connectivity index (χ1v) is 10.0. The lowest BCUT2D eigenvalue weighted by Gasteiger charge is -2.33. The maximum absolute atomic E-state index is 13.1. The van der Waals surface area contributed by atoms with Crippen LogP contribution in [0.4, 0.5) is 0 Å². The van der Waals surface area contributed by atoms with Crippen molar-refractivity contribution in [3.05, 3.63) is 48.5 Å². The second-order valence-corrected chi connectivity index (χ2v) is 7.93. The van der Waals surface area contributed by atoms with Crippen LogP contribution >= 0.6 is 0 Å². The average Bonchev–Trinajstić information content (AvgIpc) is 3.10. The Morgan fingerprint density at radius 2 is 1.89 bits per heavy atom. The summed E-state index contributed by atoms with van der Waals surface area (Å²) in [5, 5.41) is 0. The second-order valence-electron chi connectivity index (χ2n) is 7.93. The van der Waals surface area contributed by atoms with Crippen LogP contribution in [0.1, 0.15) is 49.0 Å². The lowest BCUT2D eigenvalue weighted by Crippen LogP contribution is -2.40. The fourth-order valence-electron chi connectivity index (χ4n) is 4.64. The van der Waals surface area contributed by atoms with Gasteiger partial charge in [-0.25, -0.2) is 4.98 Å². The minimum atomic E-state index is -0.0427. The number of aromatic nitrogens is 2. The summed E-state index contributed by atoms with van der Waals surface area (Å²) >= 11 is 0. The lowest BCUT2D eigenvalue weighted by atomic mass is 9.73. The molecule has 1 amide bonds. The Labute approximate surface area is 165 Å². The summed E-state index contributed by atoms with van der Waals surface area (Å²) in [5.74, 6) is 1.55. The largest absolute Gasteiger partial charge is 0.497 e. The molecule has 6 nitrogen and oxygen atoms in total. The Kier molecular flexibility index (Phi) is 5.46. The summed E-state index contributed by atoms with van der Waals surface area (Å²) in [4.78, 5) is 23.4. The van der Waals surface area contributed by atoms with Crippen LogP contribution in [0, 0.1) is 5.41 Å². The number of hydrogen-bond acceptors (Lipinski definition) is 5. The fourth-order valence-corrected chi connectivity index (χ4v) is 4.64. The number of methoxy groups -OCH3 is 1. The van der Waals surface area contributed by atoms with Crippen molar-refractivity contribution < 1.29 is 14.3 Å². The van der Waals surface area contributed by atoms with E-state index in [1.165, 1.54) is 32.1 Å². The molecule has 1 saturated heterocycles. The zero-order valence-electron chi connectivity index (χ0n) is 16.3. The van der Waals surface area contributed by atoms with Gasteiger partial charge in [-0.3, -0.25) is 9.78 Å². The predicted molar refractivity (Wildman–Crippen MR) is 105 cm³/mol. The topological polar surface area (TPSA) is 64.6 Å². The number of amides is 1. The summed E-state index contributed by atoms with van der Waals surface area (Å²) in [7, 11) is 1.65. The van der Waals surface area contributed by atoms with Crippen LogP contribution in [0.15, 0.2) is 42.9 Å². The molecule has 4 rings (SSSR count). The molecule has 0 N–H and O–H groups in total. The molecule has 6 heteroatoms. The Hall–Kier alpha value is -2.63. The van der Waals surface area contributed by atoms with Crippen LogP contribution in [0.5, 0.6) is 11.5 Å². The van der Waals surface area contributed by atoms with Crippen LogP contribution in [0.3, 0.4) is 0 Å². The van der Waals surface area contributed by atoms with Gasteiger partial charge in [0.25, 0.3) is 5.91 Å². The third-order valence-electron chi connectivity index (χ3n) is 6.07. The molecule has 1 aromatic heterocycles. The number of benzene rings is 1. The third-order valence-corrected chi connectivity index (χ3v) is 6.07. The molecule has 1 aliphatic heterocycles.